The Balaban J connectivity index is 1.49. The molecule has 0 atom stereocenters. The summed E-state index contributed by atoms with van der Waals surface area (Å²) in [7, 11) is 1.95. The second-order valence-electron chi connectivity index (χ2n) is 8.20. The third-order valence-electron chi connectivity index (χ3n) is 6.23. The monoisotopic (exact) mass is 375 g/mol. The Bertz CT molecular complexity index is 981. The molecule has 0 radical (unpaired) electrons. The van der Waals surface area contributed by atoms with Crippen molar-refractivity contribution in [2.75, 3.05) is 7.05 Å². The third-order valence-corrected chi connectivity index (χ3v) is 6.23. The zero-order valence-corrected chi connectivity index (χ0v) is 17.1. The molecule has 1 aliphatic carbocycles. The molecule has 28 heavy (non-hydrogen) atoms. The molecular formula is C24H29N3O. The smallest absolute Gasteiger partial charge is 0.253 e. The van der Waals surface area contributed by atoms with Gasteiger partial charge in [-0.3, -0.25) is 4.79 Å². The molecule has 0 saturated heterocycles. The van der Waals surface area contributed by atoms with Crippen LogP contribution in [0.25, 0.3) is 11.0 Å². The van der Waals surface area contributed by atoms with E-state index in [0.29, 0.717) is 6.04 Å². The van der Waals surface area contributed by atoms with Crippen LogP contribution in [-0.2, 0) is 6.54 Å². The number of rotatable bonds is 4. The van der Waals surface area contributed by atoms with Crippen molar-refractivity contribution in [2.24, 2.45) is 0 Å². The summed E-state index contributed by atoms with van der Waals surface area (Å²) in [5, 5.41) is 0. The molecule has 0 bridgehead atoms. The van der Waals surface area contributed by atoms with Crippen LogP contribution in [0.15, 0.2) is 42.7 Å². The molecule has 0 unspecified atom stereocenters. The molecule has 1 heterocycles. The van der Waals surface area contributed by atoms with Crippen LogP contribution in [0.4, 0.5) is 0 Å². The average molecular weight is 376 g/mol. The molecule has 1 fully saturated rings. The average Bonchev–Trinajstić information content (AvgIpc) is 3.10. The Kier molecular flexibility index (Phi) is 5.21. The fraction of sp³-hybridized carbons (Fsp3) is 0.417. The molecule has 0 spiro atoms. The highest BCUT2D eigenvalue weighted by Gasteiger charge is 2.22. The third kappa shape index (κ3) is 3.68. The molecule has 1 amide bonds. The van der Waals surface area contributed by atoms with Crippen LogP contribution in [0, 0.1) is 13.8 Å². The van der Waals surface area contributed by atoms with Crippen LogP contribution < -0.4 is 0 Å². The van der Waals surface area contributed by atoms with Gasteiger partial charge in [-0.1, -0.05) is 31.4 Å². The number of imidazole rings is 1. The summed E-state index contributed by atoms with van der Waals surface area (Å²) in [5.41, 5.74) is 6.68. The molecule has 1 aromatic heterocycles. The van der Waals surface area contributed by atoms with E-state index >= 15 is 0 Å². The van der Waals surface area contributed by atoms with E-state index in [1.165, 1.54) is 36.0 Å². The van der Waals surface area contributed by atoms with Gasteiger partial charge in [0, 0.05) is 25.2 Å². The summed E-state index contributed by atoms with van der Waals surface area (Å²) in [6, 6.07) is 12.8. The molecule has 1 saturated carbocycles. The lowest BCUT2D eigenvalue weighted by molar-refractivity contribution is 0.0696. The van der Waals surface area contributed by atoms with E-state index in [1.54, 1.807) is 0 Å². The summed E-state index contributed by atoms with van der Waals surface area (Å²) in [5.74, 6) is 0.137. The van der Waals surface area contributed by atoms with Crippen LogP contribution in [0.5, 0.6) is 0 Å². The van der Waals surface area contributed by atoms with Gasteiger partial charge in [0.1, 0.15) is 0 Å². The number of carbonyl (C=O) groups excluding carboxylic acids is 1. The molecule has 0 N–H and O–H groups in total. The largest absolute Gasteiger partial charge is 0.339 e. The van der Waals surface area contributed by atoms with Crippen molar-refractivity contribution in [1.29, 1.82) is 0 Å². The molecule has 1 aliphatic rings. The minimum absolute atomic E-state index is 0.137. The van der Waals surface area contributed by atoms with Crippen molar-refractivity contribution in [2.45, 2.75) is 58.5 Å². The number of aromatic nitrogens is 2. The highest BCUT2D eigenvalue weighted by Crippen LogP contribution is 2.23. The topological polar surface area (TPSA) is 38.1 Å². The zero-order valence-electron chi connectivity index (χ0n) is 17.1. The first-order valence-electron chi connectivity index (χ1n) is 10.3. The first-order valence-corrected chi connectivity index (χ1v) is 10.3. The van der Waals surface area contributed by atoms with Gasteiger partial charge in [0.2, 0.25) is 0 Å². The predicted octanol–water partition coefficient (Wildman–Crippen LogP) is 5.11. The summed E-state index contributed by atoms with van der Waals surface area (Å²) in [4.78, 5) is 19.3. The Morgan fingerprint density at radius 2 is 1.75 bits per heavy atom. The van der Waals surface area contributed by atoms with E-state index in [1.807, 2.05) is 30.4 Å². The summed E-state index contributed by atoms with van der Waals surface area (Å²) in [6.45, 7) is 5.01. The summed E-state index contributed by atoms with van der Waals surface area (Å²) >= 11 is 0. The molecule has 3 aromatic rings. The maximum absolute atomic E-state index is 12.8. The summed E-state index contributed by atoms with van der Waals surface area (Å²) < 4.78 is 2.17. The molecule has 4 nitrogen and oxygen atoms in total. The van der Waals surface area contributed by atoms with E-state index in [-0.39, 0.29) is 5.91 Å². The lowest BCUT2D eigenvalue weighted by atomic mass is 9.94. The number of fused-ring (bicyclic) bond motifs is 1. The molecular weight excluding hydrogens is 346 g/mol. The number of hydrogen-bond acceptors (Lipinski definition) is 2. The van der Waals surface area contributed by atoms with Crippen LogP contribution in [0.3, 0.4) is 0 Å². The Morgan fingerprint density at radius 3 is 2.46 bits per heavy atom. The molecule has 0 aliphatic heterocycles. The zero-order chi connectivity index (χ0) is 19.7. The first kappa shape index (κ1) is 18.7. The summed E-state index contributed by atoms with van der Waals surface area (Å²) in [6.07, 6.45) is 7.94. The SMILES string of the molecule is Cc1cc2ncn(Cc3ccc(C(=O)N(C)C4CCCCC4)cc3)c2cc1C. The molecule has 4 heteroatoms. The number of carbonyl (C=O) groups is 1. The second kappa shape index (κ2) is 7.78. The van der Waals surface area contributed by atoms with Crippen LogP contribution >= 0.6 is 0 Å². The standard InChI is InChI=1S/C24H29N3O/c1-17-13-22-23(14-18(17)2)27(16-25-22)15-19-9-11-20(12-10-19)24(28)26(3)21-7-5-4-6-8-21/h9-14,16,21H,4-8,15H2,1-3H3. The van der Waals surface area contributed by atoms with E-state index in [2.05, 4.69) is 47.7 Å². The Hall–Kier alpha value is -2.62. The fourth-order valence-corrected chi connectivity index (χ4v) is 4.23. The van der Waals surface area contributed by atoms with Gasteiger partial charge in [-0.25, -0.2) is 4.98 Å². The van der Waals surface area contributed by atoms with E-state index in [0.717, 1.165) is 36.0 Å². The number of amides is 1. The van der Waals surface area contributed by atoms with Crippen molar-refractivity contribution in [3.63, 3.8) is 0 Å². The van der Waals surface area contributed by atoms with Gasteiger partial charge in [0.05, 0.1) is 17.4 Å². The van der Waals surface area contributed by atoms with E-state index in [9.17, 15) is 4.79 Å². The van der Waals surface area contributed by atoms with Gasteiger partial charge >= 0.3 is 0 Å². The Labute approximate surface area is 167 Å². The molecule has 2 aromatic carbocycles. The van der Waals surface area contributed by atoms with Crippen molar-refractivity contribution in [3.8, 4) is 0 Å². The van der Waals surface area contributed by atoms with Gasteiger partial charge in [-0.05, 0) is 67.6 Å². The highest BCUT2D eigenvalue weighted by molar-refractivity contribution is 5.94. The van der Waals surface area contributed by atoms with Crippen molar-refractivity contribution in [3.05, 3.63) is 65.0 Å². The minimum atomic E-state index is 0.137. The van der Waals surface area contributed by atoms with Gasteiger partial charge in [-0.15, -0.1) is 0 Å². The van der Waals surface area contributed by atoms with Crippen molar-refractivity contribution in [1.82, 2.24) is 14.5 Å². The van der Waals surface area contributed by atoms with Gasteiger partial charge in [0.25, 0.3) is 5.91 Å². The quantitative estimate of drug-likeness (QED) is 0.636. The number of aryl methyl sites for hydroxylation is 2. The van der Waals surface area contributed by atoms with Crippen LogP contribution in [0.2, 0.25) is 0 Å². The van der Waals surface area contributed by atoms with Gasteiger partial charge in [-0.2, -0.15) is 0 Å². The number of hydrogen-bond donors (Lipinski definition) is 0. The van der Waals surface area contributed by atoms with Gasteiger partial charge < -0.3 is 9.47 Å². The fourth-order valence-electron chi connectivity index (χ4n) is 4.23. The van der Waals surface area contributed by atoms with E-state index in [4.69, 9.17) is 0 Å². The molecule has 146 valence electrons. The molecule has 4 rings (SSSR count). The minimum Gasteiger partial charge on any atom is -0.339 e. The number of nitrogens with zero attached hydrogens (tertiary/aromatic N) is 3. The van der Waals surface area contributed by atoms with Crippen LogP contribution in [0.1, 0.15) is 59.2 Å². The van der Waals surface area contributed by atoms with Crippen molar-refractivity contribution < 1.29 is 4.79 Å². The lowest BCUT2D eigenvalue weighted by Crippen LogP contribution is -2.38. The van der Waals surface area contributed by atoms with Crippen molar-refractivity contribution >= 4 is 16.9 Å². The normalized spacial score (nSPS) is 15.1. The van der Waals surface area contributed by atoms with E-state index < -0.39 is 0 Å². The second-order valence-corrected chi connectivity index (χ2v) is 8.20. The lowest BCUT2D eigenvalue weighted by Gasteiger charge is -2.31. The first-order chi connectivity index (χ1) is 13.5. The van der Waals surface area contributed by atoms with Crippen LogP contribution in [-0.4, -0.2) is 33.4 Å². The Morgan fingerprint density at radius 1 is 1.07 bits per heavy atom. The maximum atomic E-state index is 12.8. The number of benzene rings is 2. The van der Waals surface area contributed by atoms with Gasteiger partial charge in [0.15, 0.2) is 0 Å². The predicted molar refractivity (Wildman–Crippen MR) is 114 cm³/mol. The maximum Gasteiger partial charge on any atom is 0.253 e. The highest BCUT2D eigenvalue weighted by atomic mass is 16.2.